The van der Waals surface area contributed by atoms with E-state index in [-0.39, 0.29) is 5.97 Å². The molecule has 1 fully saturated rings. The van der Waals surface area contributed by atoms with E-state index in [1.807, 2.05) is 6.07 Å². The van der Waals surface area contributed by atoms with E-state index in [2.05, 4.69) is 20.7 Å². The van der Waals surface area contributed by atoms with Gasteiger partial charge in [-0.3, -0.25) is 4.21 Å². The van der Waals surface area contributed by atoms with Gasteiger partial charge in [0.15, 0.2) is 0 Å². The van der Waals surface area contributed by atoms with Gasteiger partial charge in [0, 0.05) is 26.8 Å². The molecule has 1 aliphatic rings. The molecule has 0 saturated heterocycles. The molecule has 0 spiro atoms. The van der Waals surface area contributed by atoms with Gasteiger partial charge in [0.2, 0.25) is 0 Å². The molecular weight excluding hydrogens is 340 g/mol. The molecule has 5 heteroatoms. The van der Waals surface area contributed by atoms with E-state index < -0.39 is 10.8 Å². The number of esters is 1. The Morgan fingerprint density at radius 2 is 2.10 bits per heavy atom. The summed E-state index contributed by atoms with van der Waals surface area (Å²) in [7, 11) is 0.526. The molecule has 1 saturated carbocycles. The molecule has 1 aliphatic carbocycles. The maximum atomic E-state index is 12.2. The Hall–Kier alpha value is -0.680. The van der Waals surface area contributed by atoms with E-state index in [4.69, 9.17) is 0 Å². The molecule has 0 aromatic heterocycles. The summed E-state index contributed by atoms with van der Waals surface area (Å²) in [6, 6.07) is 5.30. The van der Waals surface area contributed by atoms with Gasteiger partial charge >= 0.3 is 5.97 Å². The van der Waals surface area contributed by atoms with E-state index in [9.17, 15) is 9.00 Å². The molecule has 0 radical (unpaired) electrons. The second kappa shape index (κ2) is 7.36. The molecular formula is C15H19BrO3S. The first kappa shape index (κ1) is 15.7. The minimum absolute atomic E-state index is 0.357. The van der Waals surface area contributed by atoms with Crippen LogP contribution in [0.4, 0.5) is 0 Å². The average Bonchev–Trinajstić information content (AvgIpc) is 2.93. The Bertz CT molecular complexity index is 510. The maximum absolute atomic E-state index is 12.2. The van der Waals surface area contributed by atoms with Gasteiger partial charge in [-0.1, -0.05) is 34.8 Å². The molecule has 0 N–H and O–H groups in total. The first-order valence-electron chi connectivity index (χ1n) is 6.82. The monoisotopic (exact) mass is 358 g/mol. The zero-order chi connectivity index (χ0) is 14.5. The molecule has 0 heterocycles. The molecule has 1 atom stereocenters. The predicted octanol–water partition coefficient (Wildman–Crippen LogP) is 3.67. The molecule has 0 amide bonds. The summed E-state index contributed by atoms with van der Waals surface area (Å²) in [6.45, 7) is 0. The van der Waals surface area contributed by atoms with Gasteiger partial charge in [-0.2, -0.15) is 0 Å². The molecule has 1 unspecified atom stereocenters. The Morgan fingerprint density at radius 1 is 1.40 bits per heavy atom. The standard InChI is InChI=1S/C15H19BrO3S/c1-19-15(17)12-6-7-13(14(16)8-12)10-20(18)9-11-4-2-3-5-11/h6-8,11H,2-5,9-10H2,1H3. The van der Waals surface area contributed by atoms with Crippen molar-refractivity contribution in [3.05, 3.63) is 33.8 Å². The lowest BCUT2D eigenvalue weighted by atomic mass is 10.1. The smallest absolute Gasteiger partial charge is 0.337 e. The summed E-state index contributed by atoms with van der Waals surface area (Å²) in [5.41, 5.74) is 1.48. The van der Waals surface area contributed by atoms with E-state index >= 15 is 0 Å². The second-order valence-corrected chi connectivity index (χ2v) is 7.56. The number of methoxy groups -OCH3 is 1. The Morgan fingerprint density at radius 3 is 2.70 bits per heavy atom. The van der Waals surface area contributed by atoms with Crippen molar-refractivity contribution in [2.45, 2.75) is 31.4 Å². The number of benzene rings is 1. The highest BCUT2D eigenvalue weighted by Gasteiger charge is 2.18. The highest BCUT2D eigenvalue weighted by molar-refractivity contribution is 9.10. The summed E-state index contributed by atoms with van der Waals surface area (Å²) in [6.07, 6.45) is 4.99. The minimum atomic E-state index is -0.836. The van der Waals surface area contributed by atoms with Gasteiger partial charge in [-0.25, -0.2) is 4.79 Å². The van der Waals surface area contributed by atoms with Crippen LogP contribution in [0.3, 0.4) is 0 Å². The van der Waals surface area contributed by atoms with Crippen molar-refractivity contribution in [3.63, 3.8) is 0 Å². The summed E-state index contributed by atoms with van der Waals surface area (Å²) in [4.78, 5) is 11.4. The third-order valence-corrected chi connectivity index (χ3v) is 5.90. The lowest BCUT2D eigenvalue weighted by molar-refractivity contribution is 0.0600. The molecule has 20 heavy (non-hydrogen) atoms. The van der Waals surface area contributed by atoms with Crippen molar-refractivity contribution in [1.29, 1.82) is 0 Å². The Kier molecular flexibility index (Phi) is 5.78. The van der Waals surface area contributed by atoms with Crippen LogP contribution < -0.4 is 0 Å². The molecule has 0 aliphatic heterocycles. The number of hydrogen-bond donors (Lipinski definition) is 0. The number of halogens is 1. The van der Waals surface area contributed by atoms with Crippen LogP contribution in [0.2, 0.25) is 0 Å². The van der Waals surface area contributed by atoms with Crippen LogP contribution in [-0.4, -0.2) is 23.0 Å². The van der Waals surface area contributed by atoms with E-state index in [1.165, 1.54) is 32.8 Å². The van der Waals surface area contributed by atoms with E-state index in [1.54, 1.807) is 12.1 Å². The molecule has 110 valence electrons. The molecule has 2 rings (SSSR count). The first-order chi connectivity index (χ1) is 9.60. The van der Waals surface area contributed by atoms with Crippen molar-refractivity contribution in [2.24, 2.45) is 5.92 Å². The van der Waals surface area contributed by atoms with Crippen molar-refractivity contribution >= 4 is 32.7 Å². The lowest BCUT2D eigenvalue weighted by Gasteiger charge is -2.10. The second-order valence-electron chi connectivity index (χ2n) is 5.20. The minimum Gasteiger partial charge on any atom is -0.465 e. The largest absolute Gasteiger partial charge is 0.465 e. The third kappa shape index (κ3) is 4.16. The van der Waals surface area contributed by atoms with Crippen LogP contribution in [0, 0.1) is 5.92 Å². The average molecular weight is 359 g/mol. The highest BCUT2D eigenvalue weighted by atomic mass is 79.9. The zero-order valence-corrected chi connectivity index (χ0v) is 14.0. The number of hydrogen-bond acceptors (Lipinski definition) is 3. The Labute approximate surface area is 130 Å². The fraction of sp³-hybridized carbons (Fsp3) is 0.533. The number of ether oxygens (including phenoxy) is 1. The van der Waals surface area contributed by atoms with Crippen molar-refractivity contribution in [2.75, 3.05) is 12.9 Å². The quantitative estimate of drug-likeness (QED) is 0.754. The normalized spacial score (nSPS) is 17.1. The van der Waals surface area contributed by atoms with Crippen LogP contribution >= 0.6 is 15.9 Å². The predicted molar refractivity (Wildman–Crippen MR) is 84.2 cm³/mol. The summed E-state index contributed by atoms with van der Waals surface area (Å²) >= 11 is 3.44. The van der Waals surface area contributed by atoms with Gasteiger partial charge in [-0.15, -0.1) is 0 Å². The number of rotatable bonds is 5. The van der Waals surface area contributed by atoms with Gasteiger partial charge in [0.25, 0.3) is 0 Å². The topological polar surface area (TPSA) is 43.4 Å². The van der Waals surface area contributed by atoms with Crippen molar-refractivity contribution in [3.8, 4) is 0 Å². The summed E-state index contributed by atoms with van der Waals surface area (Å²) in [5, 5.41) is 0. The van der Waals surface area contributed by atoms with Gasteiger partial charge in [-0.05, 0) is 36.5 Å². The van der Waals surface area contributed by atoms with Gasteiger partial charge in [0.1, 0.15) is 0 Å². The molecule has 1 aromatic rings. The van der Waals surface area contributed by atoms with Gasteiger partial charge in [0.05, 0.1) is 12.7 Å². The molecule has 3 nitrogen and oxygen atoms in total. The van der Waals surface area contributed by atoms with Crippen molar-refractivity contribution in [1.82, 2.24) is 0 Å². The maximum Gasteiger partial charge on any atom is 0.337 e. The highest BCUT2D eigenvalue weighted by Crippen LogP contribution is 2.27. The van der Waals surface area contributed by atoms with Crippen LogP contribution in [0.5, 0.6) is 0 Å². The van der Waals surface area contributed by atoms with Crippen LogP contribution in [-0.2, 0) is 21.3 Å². The lowest BCUT2D eigenvalue weighted by Crippen LogP contribution is -2.10. The van der Waals surface area contributed by atoms with Crippen LogP contribution in [0.15, 0.2) is 22.7 Å². The molecule has 1 aromatic carbocycles. The SMILES string of the molecule is COC(=O)c1ccc(CS(=O)CC2CCCC2)c(Br)c1. The van der Waals surface area contributed by atoms with Crippen molar-refractivity contribution < 1.29 is 13.7 Å². The summed E-state index contributed by atoms with van der Waals surface area (Å²) < 4.78 is 17.7. The zero-order valence-electron chi connectivity index (χ0n) is 11.6. The third-order valence-electron chi connectivity index (χ3n) is 3.69. The van der Waals surface area contributed by atoms with E-state index in [0.29, 0.717) is 17.2 Å². The number of carbonyl (C=O) groups excluding carboxylic acids is 1. The first-order valence-corrected chi connectivity index (χ1v) is 9.10. The summed E-state index contributed by atoms with van der Waals surface area (Å²) in [5.74, 6) is 1.61. The van der Waals surface area contributed by atoms with Crippen LogP contribution in [0.1, 0.15) is 41.6 Å². The van der Waals surface area contributed by atoms with Crippen LogP contribution in [0.25, 0.3) is 0 Å². The fourth-order valence-corrected chi connectivity index (χ4v) is 4.86. The number of carbonyl (C=O) groups is 1. The van der Waals surface area contributed by atoms with Gasteiger partial charge < -0.3 is 4.74 Å². The fourth-order valence-electron chi connectivity index (χ4n) is 2.58. The van der Waals surface area contributed by atoms with E-state index in [0.717, 1.165) is 15.8 Å². The Balaban J connectivity index is 1.98. The molecule has 0 bridgehead atoms.